The van der Waals surface area contributed by atoms with Gasteiger partial charge in [-0.2, -0.15) is 0 Å². The van der Waals surface area contributed by atoms with Gasteiger partial charge in [0.05, 0.1) is 0 Å². The van der Waals surface area contributed by atoms with Crippen molar-refractivity contribution in [2.75, 3.05) is 6.61 Å². The van der Waals surface area contributed by atoms with Gasteiger partial charge in [-0.3, -0.25) is 20.4 Å². The minimum Gasteiger partial charge on any atom is -0.489 e. The maximum atomic E-state index is 12.3. The Morgan fingerprint density at radius 3 is 2.12 bits per heavy atom. The predicted octanol–water partition coefficient (Wildman–Crippen LogP) is 4.26. The Bertz CT molecular complexity index is 1210. The van der Waals surface area contributed by atoms with E-state index in [-0.39, 0.29) is 6.61 Å². The van der Waals surface area contributed by atoms with Crippen LogP contribution in [0.3, 0.4) is 0 Å². The first kappa shape index (κ1) is 20.9. The number of nitrogens with one attached hydrogen (secondary N) is 2. The molecule has 160 valence electrons. The van der Waals surface area contributed by atoms with E-state index < -0.39 is 11.8 Å². The molecule has 0 aliphatic rings. The van der Waals surface area contributed by atoms with Crippen LogP contribution in [0.4, 0.5) is 0 Å². The van der Waals surface area contributed by atoms with E-state index in [1.807, 2.05) is 66.7 Å². The number of hydrogen-bond donors (Lipinski definition) is 2. The highest BCUT2D eigenvalue weighted by molar-refractivity contribution is 5.95. The number of benzene rings is 4. The molecule has 0 saturated heterocycles. The fourth-order valence-electron chi connectivity index (χ4n) is 3.08. The number of carbonyl (C=O) groups is 2. The van der Waals surface area contributed by atoms with Gasteiger partial charge in [0, 0.05) is 5.56 Å². The third-order valence-electron chi connectivity index (χ3n) is 4.77. The van der Waals surface area contributed by atoms with Crippen molar-refractivity contribution in [1.82, 2.24) is 10.9 Å². The maximum Gasteiger partial charge on any atom is 0.276 e. The van der Waals surface area contributed by atoms with E-state index in [4.69, 9.17) is 9.47 Å². The van der Waals surface area contributed by atoms with Crippen LogP contribution in [0.1, 0.15) is 15.9 Å². The molecule has 0 aliphatic carbocycles. The molecule has 2 N–H and O–H groups in total. The zero-order valence-electron chi connectivity index (χ0n) is 17.3. The van der Waals surface area contributed by atoms with Crippen molar-refractivity contribution in [1.29, 1.82) is 0 Å². The monoisotopic (exact) mass is 426 g/mol. The molecular formula is C26H22N2O4. The van der Waals surface area contributed by atoms with Crippen LogP contribution in [0.25, 0.3) is 10.8 Å². The zero-order valence-corrected chi connectivity index (χ0v) is 17.3. The molecule has 0 spiro atoms. The van der Waals surface area contributed by atoms with Crippen molar-refractivity contribution in [3.05, 3.63) is 108 Å². The summed E-state index contributed by atoms with van der Waals surface area (Å²) in [4.78, 5) is 24.3. The second-order valence-corrected chi connectivity index (χ2v) is 7.10. The standard InChI is InChI=1S/C26H22N2O4/c29-25(18-32-24-15-10-20-8-4-5-9-22(20)16-24)27-28-26(30)21-11-13-23(14-12-21)31-17-19-6-2-1-3-7-19/h1-16H,17-18H2,(H,27,29)(H,28,30). The number of carbonyl (C=O) groups excluding carboxylic acids is 2. The molecule has 0 unspecified atom stereocenters. The first-order chi connectivity index (χ1) is 15.7. The summed E-state index contributed by atoms with van der Waals surface area (Å²) < 4.78 is 11.2. The molecule has 6 heteroatoms. The van der Waals surface area contributed by atoms with E-state index in [0.717, 1.165) is 16.3 Å². The second kappa shape index (κ2) is 10.1. The lowest BCUT2D eigenvalue weighted by atomic mass is 10.1. The lowest BCUT2D eigenvalue weighted by Gasteiger charge is -2.10. The Hall–Kier alpha value is -4.32. The molecule has 0 heterocycles. The average molecular weight is 426 g/mol. The summed E-state index contributed by atoms with van der Waals surface area (Å²) in [6.45, 7) is 0.227. The van der Waals surface area contributed by atoms with Crippen LogP contribution < -0.4 is 20.3 Å². The normalized spacial score (nSPS) is 10.4. The molecule has 4 aromatic rings. The fraction of sp³-hybridized carbons (Fsp3) is 0.0769. The van der Waals surface area contributed by atoms with Gasteiger partial charge in [0.1, 0.15) is 18.1 Å². The Kier molecular flexibility index (Phi) is 6.63. The van der Waals surface area contributed by atoms with E-state index in [2.05, 4.69) is 10.9 Å². The number of ether oxygens (including phenoxy) is 2. The second-order valence-electron chi connectivity index (χ2n) is 7.10. The lowest BCUT2D eigenvalue weighted by Crippen LogP contribution is -2.43. The quantitative estimate of drug-likeness (QED) is 0.433. The summed E-state index contributed by atoms with van der Waals surface area (Å²) in [5.74, 6) is 0.336. The van der Waals surface area contributed by atoms with Crippen molar-refractivity contribution in [2.45, 2.75) is 6.61 Å². The Morgan fingerprint density at radius 1 is 0.656 bits per heavy atom. The number of amides is 2. The van der Waals surface area contributed by atoms with Crippen molar-refractivity contribution >= 4 is 22.6 Å². The van der Waals surface area contributed by atoms with Gasteiger partial charge in [-0.25, -0.2) is 0 Å². The van der Waals surface area contributed by atoms with Gasteiger partial charge in [-0.1, -0.05) is 60.7 Å². The van der Waals surface area contributed by atoms with Gasteiger partial charge in [0.15, 0.2) is 6.61 Å². The molecule has 0 aromatic heterocycles. The van der Waals surface area contributed by atoms with E-state index >= 15 is 0 Å². The first-order valence-electron chi connectivity index (χ1n) is 10.1. The topological polar surface area (TPSA) is 76.7 Å². The largest absolute Gasteiger partial charge is 0.489 e. The molecule has 6 nitrogen and oxygen atoms in total. The SMILES string of the molecule is O=C(COc1ccc2ccccc2c1)NNC(=O)c1ccc(OCc2ccccc2)cc1. The molecule has 0 aliphatic heterocycles. The average Bonchev–Trinajstić information content (AvgIpc) is 2.85. The van der Waals surface area contributed by atoms with Crippen LogP contribution in [0.2, 0.25) is 0 Å². The van der Waals surface area contributed by atoms with Crippen LogP contribution >= 0.6 is 0 Å². The third kappa shape index (κ3) is 5.64. The van der Waals surface area contributed by atoms with Gasteiger partial charge in [-0.15, -0.1) is 0 Å². The van der Waals surface area contributed by atoms with Gasteiger partial charge in [0.25, 0.3) is 11.8 Å². The smallest absolute Gasteiger partial charge is 0.276 e. The van der Waals surface area contributed by atoms with E-state index in [1.54, 1.807) is 30.3 Å². The number of hydrazine groups is 1. The molecule has 2 amide bonds. The molecule has 0 fully saturated rings. The minimum atomic E-state index is -0.464. The highest BCUT2D eigenvalue weighted by Crippen LogP contribution is 2.20. The van der Waals surface area contributed by atoms with Crippen LogP contribution in [0.5, 0.6) is 11.5 Å². The minimum absolute atomic E-state index is 0.217. The fourth-order valence-corrected chi connectivity index (χ4v) is 3.08. The maximum absolute atomic E-state index is 12.3. The lowest BCUT2D eigenvalue weighted by molar-refractivity contribution is -0.123. The molecule has 4 rings (SSSR count). The molecule has 4 aromatic carbocycles. The van der Waals surface area contributed by atoms with Crippen LogP contribution in [0.15, 0.2) is 97.1 Å². The van der Waals surface area contributed by atoms with Gasteiger partial charge in [0.2, 0.25) is 0 Å². The van der Waals surface area contributed by atoms with Gasteiger partial charge < -0.3 is 9.47 Å². The molecule has 32 heavy (non-hydrogen) atoms. The summed E-state index contributed by atoms with van der Waals surface area (Å²) >= 11 is 0. The van der Waals surface area contributed by atoms with E-state index in [0.29, 0.717) is 23.7 Å². The van der Waals surface area contributed by atoms with Crippen LogP contribution in [-0.2, 0) is 11.4 Å². The van der Waals surface area contributed by atoms with E-state index in [9.17, 15) is 9.59 Å². The van der Waals surface area contributed by atoms with Crippen molar-refractivity contribution < 1.29 is 19.1 Å². The summed E-state index contributed by atoms with van der Waals surface area (Å²) in [5.41, 5.74) is 6.19. The van der Waals surface area contributed by atoms with Crippen molar-refractivity contribution in [2.24, 2.45) is 0 Å². The van der Waals surface area contributed by atoms with Gasteiger partial charge >= 0.3 is 0 Å². The molecule has 0 saturated carbocycles. The molecule has 0 radical (unpaired) electrons. The van der Waals surface area contributed by atoms with Crippen molar-refractivity contribution in [3.63, 3.8) is 0 Å². The molecule has 0 bridgehead atoms. The molecule has 0 atom stereocenters. The zero-order chi connectivity index (χ0) is 22.2. The summed E-state index contributed by atoms with van der Waals surface area (Å²) in [6, 6.07) is 30.0. The van der Waals surface area contributed by atoms with Crippen LogP contribution in [-0.4, -0.2) is 18.4 Å². The highest BCUT2D eigenvalue weighted by atomic mass is 16.5. The summed E-state index contributed by atoms with van der Waals surface area (Å²) in [7, 11) is 0. The number of fused-ring (bicyclic) bond motifs is 1. The molecular weight excluding hydrogens is 404 g/mol. The predicted molar refractivity (Wildman–Crippen MR) is 122 cm³/mol. The van der Waals surface area contributed by atoms with E-state index in [1.165, 1.54) is 0 Å². The third-order valence-corrected chi connectivity index (χ3v) is 4.77. The Balaban J connectivity index is 1.22. The van der Waals surface area contributed by atoms with Crippen molar-refractivity contribution in [3.8, 4) is 11.5 Å². The number of hydrogen-bond acceptors (Lipinski definition) is 4. The summed E-state index contributed by atoms with van der Waals surface area (Å²) in [5, 5.41) is 2.11. The van der Waals surface area contributed by atoms with Gasteiger partial charge in [-0.05, 0) is 52.7 Å². The Labute approximate surface area is 185 Å². The Morgan fingerprint density at radius 2 is 1.34 bits per heavy atom. The van der Waals surface area contributed by atoms with Crippen LogP contribution in [0, 0.1) is 0 Å². The highest BCUT2D eigenvalue weighted by Gasteiger charge is 2.09. The first-order valence-corrected chi connectivity index (χ1v) is 10.1. The summed E-state index contributed by atoms with van der Waals surface area (Å²) in [6.07, 6.45) is 0. The number of rotatable bonds is 7.